The van der Waals surface area contributed by atoms with Gasteiger partial charge in [-0.1, -0.05) is 27.7 Å². The molecule has 6 heteroatoms. The van der Waals surface area contributed by atoms with Crippen molar-refractivity contribution in [3.8, 4) is 0 Å². The molecule has 1 atom stereocenters. The molecule has 1 aliphatic heterocycles. The Balaban J connectivity index is 1.83. The lowest BCUT2D eigenvalue weighted by molar-refractivity contribution is 0.0790. The lowest BCUT2D eigenvalue weighted by Crippen LogP contribution is -2.43. The number of carbonyl (C=O) groups is 1. The topological polar surface area (TPSA) is 70.4 Å². The SMILES string of the molecule is CC1CCN(CC(O)CNC(=O)c2cc(C(C)(C)C)nn2C)CC1. The Hall–Kier alpha value is -1.40. The number of nitrogens with one attached hydrogen (secondary N) is 1. The molecule has 1 unspecified atom stereocenters. The van der Waals surface area contributed by atoms with Crippen molar-refractivity contribution in [1.29, 1.82) is 0 Å². The molecule has 1 amide bonds. The number of aliphatic hydroxyl groups excluding tert-OH is 1. The number of amides is 1. The molecule has 0 aliphatic carbocycles. The molecule has 1 aromatic rings. The van der Waals surface area contributed by atoms with Crippen molar-refractivity contribution in [3.05, 3.63) is 17.5 Å². The molecule has 1 saturated heterocycles. The lowest BCUT2D eigenvalue weighted by atomic mass is 9.92. The monoisotopic (exact) mass is 336 g/mol. The number of β-amino-alcohol motifs (C(OH)–C–C–N with tert-alkyl or cyclic N) is 1. The summed E-state index contributed by atoms with van der Waals surface area (Å²) < 4.78 is 1.61. The first-order chi connectivity index (χ1) is 11.2. The summed E-state index contributed by atoms with van der Waals surface area (Å²) in [6.45, 7) is 11.4. The van der Waals surface area contributed by atoms with Crippen molar-refractivity contribution in [2.24, 2.45) is 13.0 Å². The summed E-state index contributed by atoms with van der Waals surface area (Å²) >= 11 is 0. The molecule has 24 heavy (non-hydrogen) atoms. The second-order valence-electron chi connectivity index (χ2n) is 8.14. The Morgan fingerprint density at radius 1 is 1.42 bits per heavy atom. The number of hydrogen-bond acceptors (Lipinski definition) is 4. The zero-order valence-electron chi connectivity index (χ0n) is 15.7. The van der Waals surface area contributed by atoms with Crippen LogP contribution in [0.25, 0.3) is 0 Å². The Bertz CT molecular complexity index is 554. The van der Waals surface area contributed by atoms with Crippen LogP contribution in [0.3, 0.4) is 0 Å². The predicted molar refractivity (Wildman–Crippen MR) is 95.1 cm³/mol. The lowest BCUT2D eigenvalue weighted by Gasteiger charge is -2.31. The van der Waals surface area contributed by atoms with Gasteiger partial charge >= 0.3 is 0 Å². The highest BCUT2D eigenvalue weighted by Gasteiger charge is 2.22. The van der Waals surface area contributed by atoms with Crippen LogP contribution >= 0.6 is 0 Å². The molecule has 0 aromatic carbocycles. The maximum absolute atomic E-state index is 12.3. The number of nitrogens with zero attached hydrogens (tertiary/aromatic N) is 3. The number of likely N-dealkylation sites (tertiary alicyclic amines) is 1. The minimum atomic E-state index is -0.544. The first-order valence-electron chi connectivity index (χ1n) is 8.90. The fourth-order valence-corrected chi connectivity index (χ4v) is 2.95. The quantitative estimate of drug-likeness (QED) is 0.856. The van der Waals surface area contributed by atoms with E-state index < -0.39 is 6.10 Å². The molecular weight excluding hydrogens is 304 g/mol. The number of piperidine rings is 1. The molecule has 1 aliphatic rings. The maximum atomic E-state index is 12.3. The van der Waals surface area contributed by atoms with E-state index in [0.717, 1.165) is 24.7 Å². The third-order valence-electron chi connectivity index (χ3n) is 4.72. The highest BCUT2D eigenvalue weighted by atomic mass is 16.3. The van der Waals surface area contributed by atoms with Crippen molar-refractivity contribution < 1.29 is 9.90 Å². The minimum Gasteiger partial charge on any atom is -0.390 e. The first-order valence-corrected chi connectivity index (χ1v) is 8.90. The van der Waals surface area contributed by atoms with Gasteiger partial charge in [-0.2, -0.15) is 5.10 Å². The van der Waals surface area contributed by atoms with Crippen molar-refractivity contribution >= 4 is 5.91 Å². The van der Waals surface area contributed by atoms with Crippen LogP contribution in [-0.4, -0.2) is 58.0 Å². The summed E-state index contributed by atoms with van der Waals surface area (Å²) in [4.78, 5) is 14.6. The van der Waals surface area contributed by atoms with Gasteiger partial charge in [0.05, 0.1) is 11.8 Å². The number of rotatable bonds is 5. The molecule has 6 nitrogen and oxygen atoms in total. The molecule has 1 aromatic heterocycles. The smallest absolute Gasteiger partial charge is 0.269 e. The normalized spacial score (nSPS) is 18.6. The molecule has 0 saturated carbocycles. The third-order valence-corrected chi connectivity index (χ3v) is 4.72. The van der Waals surface area contributed by atoms with Gasteiger partial charge in [-0.25, -0.2) is 0 Å². The van der Waals surface area contributed by atoms with E-state index in [-0.39, 0.29) is 17.9 Å². The zero-order valence-corrected chi connectivity index (χ0v) is 15.7. The van der Waals surface area contributed by atoms with Crippen LogP contribution in [-0.2, 0) is 12.5 Å². The van der Waals surface area contributed by atoms with Crippen LogP contribution in [0.4, 0.5) is 0 Å². The average molecular weight is 336 g/mol. The molecule has 0 radical (unpaired) electrons. The van der Waals surface area contributed by atoms with Gasteiger partial charge in [0.15, 0.2) is 0 Å². The summed E-state index contributed by atoms with van der Waals surface area (Å²) in [5.74, 6) is 0.590. The van der Waals surface area contributed by atoms with Crippen LogP contribution in [0.2, 0.25) is 0 Å². The largest absolute Gasteiger partial charge is 0.390 e. The second kappa shape index (κ2) is 7.66. The van der Waals surface area contributed by atoms with Crippen LogP contribution in [0.5, 0.6) is 0 Å². The molecule has 2 rings (SSSR count). The van der Waals surface area contributed by atoms with Gasteiger partial charge in [-0.15, -0.1) is 0 Å². The fourth-order valence-electron chi connectivity index (χ4n) is 2.95. The van der Waals surface area contributed by atoms with E-state index in [1.165, 1.54) is 12.8 Å². The van der Waals surface area contributed by atoms with E-state index in [9.17, 15) is 9.90 Å². The summed E-state index contributed by atoms with van der Waals surface area (Å²) in [6.07, 6.45) is 1.82. The summed E-state index contributed by atoms with van der Waals surface area (Å²) in [7, 11) is 1.77. The number of aliphatic hydroxyl groups is 1. The standard InChI is InChI=1S/C18H32N4O2/c1-13-6-8-22(9-7-13)12-14(23)11-19-17(24)15-10-16(18(2,3)4)20-21(15)5/h10,13-14,23H,6-9,11-12H2,1-5H3,(H,19,24). The highest BCUT2D eigenvalue weighted by Crippen LogP contribution is 2.21. The molecule has 0 spiro atoms. The Morgan fingerprint density at radius 3 is 2.58 bits per heavy atom. The summed E-state index contributed by atoms with van der Waals surface area (Å²) in [5.41, 5.74) is 1.32. The van der Waals surface area contributed by atoms with E-state index in [1.54, 1.807) is 11.7 Å². The molecule has 2 N–H and O–H groups in total. The highest BCUT2D eigenvalue weighted by molar-refractivity contribution is 5.92. The van der Waals surface area contributed by atoms with Crippen molar-refractivity contribution in [3.63, 3.8) is 0 Å². The molecule has 0 bridgehead atoms. The van der Waals surface area contributed by atoms with Gasteiger partial charge < -0.3 is 15.3 Å². The molecule has 136 valence electrons. The molecule has 1 fully saturated rings. The van der Waals surface area contributed by atoms with Crippen LogP contribution in [0.1, 0.15) is 56.7 Å². The average Bonchev–Trinajstić information content (AvgIpc) is 2.89. The second-order valence-corrected chi connectivity index (χ2v) is 8.14. The summed E-state index contributed by atoms with van der Waals surface area (Å²) in [6, 6.07) is 1.83. The van der Waals surface area contributed by atoms with E-state index in [4.69, 9.17) is 0 Å². The van der Waals surface area contributed by atoms with Gasteiger partial charge in [0.2, 0.25) is 0 Å². The Labute approximate surface area is 145 Å². The van der Waals surface area contributed by atoms with E-state index >= 15 is 0 Å². The van der Waals surface area contributed by atoms with Gasteiger partial charge in [-0.3, -0.25) is 9.48 Å². The van der Waals surface area contributed by atoms with Crippen LogP contribution in [0, 0.1) is 5.92 Å². The number of aryl methyl sites for hydroxylation is 1. The first kappa shape index (κ1) is 18.9. The predicted octanol–water partition coefficient (Wildman–Crippen LogP) is 1.54. The number of hydrogen-bond donors (Lipinski definition) is 2. The van der Waals surface area contributed by atoms with E-state index in [1.807, 2.05) is 6.07 Å². The van der Waals surface area contributed by atoms with Gasteiger partial charge in [0, 0.05) is 25.6 Å². The summed E-state index contributed by atoms with van der Waals surface area (Å²) in [5, 5.41) is 17.4. The van der Waals surface area contributed by atoms with E-state index in [0.29, 0.717) is 12.2 Å². The van der Waals surface area contributed by atoms with Gasteiger partial charge in [0.25, 0.3) is 5.91 Å². The van der Waals surface area contributed by atoms with Gasteiger partial charge in [-0.05, 0) is 37.9 Å². The minimum absolute atomic E-state index is 0.0960. The Kier molecular flexibility index (Phi) is 6.04. The van der Waals surface area contributed by atoms with Crippen LogP contribution < -0.4 is 5.32 Å². The van der Waals surface area contributed by atoms with Crippen molar-refractivity contribution in [2.75, 3.05) is 26.2 Å². The maximum Gasteiger partial charge on any atom is 0.269 e. The van der Waals surface area contributed by atoms with Crippen molar-refractivity contribution in [1.82, 2.24) is 20.0 Å². The fraction of sp³-hybridized carbons (Fsp3) is 0.778. The number of aromatic nitrogens is 2. The third kappa shape index (κ3) is 5.05. The van der Waals surface area contributed by atoms with E-state index in [2.05, 4.69) is 43.0 Å². The van der Waals surface area contributed by atoms with Crippen LogP contribution in [0.15, 0.2) is 6.07 Å². The zero-order chi connectivity index (χ0) is 17.9. The van der Waals surface area contributed by atoms with Crippen molar-refractivity contribution in [2.45, 2.75) is 52.1 Å². The molecule has 2 heterocycles. The van der Waals surface area contributed by atoms with Gasteiger partial charge in [0.1, 0.15) is 5.69 Å². The Morgan fingerprint density at radius 2 is 2.04 bits per heavy atom. The molecular formula is C18H32N4O2. The number of carbonyl (C=O) groups excluding carboxylic acids is 1.